The van der Waals surface area contributed by atoms with Crippen molar-refractivity contribution >= 4 is 33.5 Å². The van der Waals surface area contributed by atoms with E-state index in [4.69, 9.17) is 10.8 Å². The monoisotopic (exact) mass is 326 g/mol. The summed E-state index contributed by atoms with van der Waals surface area (Å²) in [6.45, 7) is 0. The molecule has 0 aliphatic heterocycles. The summed E-state index contributed by atoms with van der Waals surface area (Å²) in [5, 5.41) is 12.2. The molecule has 1 aliphatic carbocycles. The zero-order chi connectivity index (χ0) is 14.0. The van der Waals surface area contributed by atoms with Crippen molar-refractivity contribution in [2.75, 3.05) is 5.32 Å². The first-order valence-electron chi connectivity index (χ1n) is 6.06. The van der Waals surface area contributed by atoms with Crippen LogP contribution in [0.25, 0.3) is 0 Å². The molecule has 19 heavy (non-hydrogen) atoms. The van der Waals surface area contributed by atoms with Gasteiger partial charge >= 0.3 is 5.97 Å². The average Bonchev–Trinajstić information content (AvgIpc) is 2.77. The number of rotatable bonds is 4. The van der Waals surface area contributed by atoms with Gasteiger partial charge in [0.25, 0.3) is 0 Å². The van der Waals surface area contributed by atoms with Crippen LogP contribution in [-0.4, -0.2) is 23.0 Å². The molecule has 102 valence electrons. The highest BCUT2D eigenvalue weighted by Gasteiger charge is 2.29. The van der Waals surface area contributed by atoms with E-state index in [1.165, 1.54) is 0 Å². The minimum Gasteiger partial charge on any atom is -0.481 e. The maximum absolute atomic E-state index is 11.1. The summed E-state index contributed by atoms with van der Waals surface area (Å²) in [5.41, 5.74) is 6.51. The van der Waals surface area contributed by atoms with E-state index in [1.807, 2.05) is 0 Å². The van der Waals surface area contributed by atoms with E-state index in [9.17, 15) is 9.59 Å². The van der Waals surface area contributed by atoms with Crippen molar-refractivity contribution in [2.45, 2.75) is 25.3 Å². The van der Waals surface area contributed by atoms with Gasteiger partial charge < -0.3 is 16.2 Å². The third-order valence-electron chi connectivity index (χ3n) is 3.39. The Morgan fingerprint density at radius 2 is 2.11 bits per heavy atom. The van der Waals surface area contributed by atoms with E-state index in [1.54, 1.807) is 18.2 Å². The number of anilines is 1. The van der Waals surface area contributed by atoms with Gasteiger partial charge in [0.15, 0.2) is 0 Å². The second kappa shape index (κ2) is 5.61. The van der Waals surface area contributed by atoms with Crippen molar-refractivity contribution < 1.29 is 14.7 Å². The SMILES string of the molecule is NC(=O)c1ccc(N[C@H]2CC[C@@H](C(=O)O)C2)cc1Br. The highest BCUT2D eigenvalue weighted by Crippen LogP contribution is 2.29. The van der Waals surface area contributed by atoms with E-state index < -0.39 is 11.9 Å². The van der Waals surface area contributed by atoms with Gasteiger partial charge in [-0.15, -0.1) is 0 Å². The molecule has 5 nitrogen and oxygen atoms in total. The number of hydrogen-bond donors (Lipinski definition) is 3. The molecule has 1 aromatic carbocycles. The molecule has 0 heterocycles. The molecule has 4 N–H and O–H groups in total. The topological polar surface area (TPSA) is 92.4 Å². The Kier molecular flexibility index (Phi) is 4.09. The first-order valence-corrected chi connectivity index (χ1v) is 6.85. The summed E-state index contributed by atoms with van der Waals surface area (Å²) >= 11 is 3.30. The number of amides is 1. The largest absolute Gasteiger partial charge is 0.481 e. The second-order valence-corrected chi connectivity index (χ2v) is 5.60. The molecule has 1 fully saturated rings. The molecule has 1 aromatic rings. The number of hydrogen-bond acceptors (Lipinski definition) is 3. The summed E-state index contributed by atoms with van der Waals surface area (Å²) in [7, 11) is 0. The van der Waals surface area contributed by atoms with Crippen LogP contribution in [0.4, 0.5) is 5.69 Å². The van der Waals surface area contributed by atoms with Crippen LogP contribution in [0.3, 0.4) is 0 Å². The van der Waals surface area contributed by atoms with Gasteiger partial charge in [-0.05, 0) is 53.4 Å². The number of carboxylic acids is 1. The Morgan fingerprint density at radius 3 is 2.63 bits per heavy atom. The van der Waals surface area contributed by atoms with Crippen LogP contribution in [-0.2, 0) is 4.79 Å². The third kappa shape index (κ3) is 3.26. The average molecular weight is 327 g/mol. The summed E-state index contributed by atoms with van der Waals surface area (Å²) in [5.74, 6) is -1.47. The van der Waals surface area contributed by atoms with E-state index in [0.717, 1.165) is 12.1 Å². The van der Waals surface area contributed by atoms with Crippen molar-refractivity contribution in [3.8, 4) is 0 Å². The molecule has 6 heteroatoms. The number of benzene rings is 1. The fourth-order valence-corrected chi connectivity index (χ4v) is 2.95. The number of nitrogens with one attached hydrogen (secondary N) is 1. The fraction of sp³-hybridized carbons (Fsp3) is 0.385. The lowest BCUT2D eigenvalue weighted by molar-refractivity contribution is -0.141. The zero-order valence-corrected chi connectivity index (χ0v) is 11.8. The van der Waals surface area contributed by atoms with Gasteiger partial charge in [0, 0.05) is 16.2 Å². The first-order chi connectivity index (χ1) is 8.97. The Hall–Kier alpha value is -1.56. The van der Waals surface area contributed by atoms with E-state index in [2.05, 4.69) is 21.2 Å². The maximum Gasteiger partial charge on any atom is 0.306 e. The molecule has 1 amide bonds. The number of carbonyl (C=O) groups excluding carboxylic acids is 1. The molecule has 0 bridgehead atoms. The molecule has 2 atom stereocenters. The van der Waals surface area contributed by atoms with Gasteiger partial charge in [0.2, 0.25) is 5.91 Å². The molecule has 1 saturated carbocycles. The zero-order valence-electron chi connectivity index (χ0n) is 10.2. The molecule has 2 rings (SSSR count). The van der Waals surface area contributed by atoms with Crippen molar-refractivity contribution in [3.63, 3.8) is 0 Å². The van der Waals surface area contributed by atoms with Gasteiger partial charge in [-0.25, -0.2) is 0 Å². The smallest absolute Gasteiger partial charge is 0.306 e. The van der Waals surface area contributed by atoms with E-state index in [0.29, 0.717) is 22.9 Å². The quantitative estimate of drug-likeness (QED) is 0.790. The fourth-order valence-electron chi connectivity index (χ4n) is 2.38. The van der Waals surface area contributed by atoms with Gasteiger partial charge in [-0.1, -0.05) is 0 Å². The van der Waals surface area contributed by atoms with Crippen molar-refractivity contribution in [1.82, 2.24) is 0 Å². The molecular formula is C13H15BrN2O3. The minimum atomic E-state index is -0.727. The van der Waals surface area contributed by atoms with Crippen molar-refractivity contribution in [1.29, 1.82) is 0 Å². The third-order valence-corrected chi connectivity index (χ3v) is 4.04. The van der Waals surface area contributed by atoms with E-state index >= 15 is 0 Å². The maximum atomic E-state index is 11.1. The Balaban J connectivity index is 2.03. The molecule has 0 unspecified atom stereocenters. The number of nitrogens with two attached hydrogens (primary N) is 1. The van der Waals surface area contributed by atoms with Gasteiger partial charge in [0.05, 0.1) is 11.5 Å². The lowest BCUT2D eigenvalue weighted by Gasteiger charge is -2.14. The van der Waals surface area contributed by atoms with Gasteiger partial charge in [0.1, 0.15) is 0 Å². The summed E-state index contributed by atoms with van der Waals surface area (Å²) in [6, 6.07) is 5.37. The number of carbonyl (C=O) groups is 2. The minimum absolute atomic E-state index is 0.160. The lowest BCUT2D eigenvalue weighted by Crippen LogP contribution is -2.18. The normalized spacial score (nSPS) is 22.2. The molecule has 0 spiro atoms. The summed E-state index contributed by atoms with van der Waals surface area (Å²) in [6.07, 6.45) is 2.17. The van der Waals surface area contributed by atoms with Gasteiger partial charge in [-0.2, -0.15) is 0 Å². The van der Waals surface area contributed by atoms with Crippen LogP contribution in [0.5, 0.6) is 0 Å². The van der Waals surface area contributed by atoms with Crippen LogP contribution in [0.2, 0.25) is 0 Å². The molecule has 1 aliphatic rings. The molecule has 0 aromatic heterocycles. The Morgan fingerprint density at radius 1 is 1.37 bits per heavy atom. The number of primary amides is 1. The van der Waals surface area contributed by atoms with Crippen molar-refractivity contribution in [2.24, 2.45) is 11.7 Å². The predicted molar refractivity (Wildman–Crippen MR) is 75.0 cm³/mol. The number of carboxylic acid groups (broad SMARTS) is 1. The standard InChI is InChI=1S/C13H15BrN2O3/c14-11-6-9(3-4-10(11)12(15)17)16-8-2-1-7(5-8)13(18)19/h3-4,6-8,16H,1-2,5H2,(H2,15,17)(H,18,19)/t7-,8+/m1/s1. The van der Waals surface area contributed by atoms with Crippen molar-refractivity contribution in [3.05, 3.63) is 28.2 Å². The van der Waals surface area contributed by atoms with Crippen LogP contribution in [0, 0.1) is 5.92 Å². The van der Waals surface area contributed by atoms with Crippen LogP contribution >= 0.6 is 15.9 Å². The Labute approximate surface area is 119 Å². The lowest BCUT2D eigenvalue weighted by atomic mass is 10.1. The van der Waals surface area contributed by atoms with Crippen LogP contribution in [0.15, 0.2) is 22.7 Å². The van der Waals surface area contributed by atoms with E-state index in [-0.39, 0.29) is 12.0 Å². The number of aliphatic carboxylic acids is 1. The summed E-state index contributed by atoms with van der Waals surface area (Å²) < 4.78 is 0.637. The molecule has 0 radical (unpaired) electrons. The Bertz CT molecular complexity index is 519. The molecule has 0 saturated heterocycles. The number of halogens is 1. The first kappa shape index (κ1) is 13.9. The van der Waals surface area contributed by atoms with Crippen LogP contribution in [0.1, 0.15) is 29.6 Å². The highest BCUT2D eigenvalue weighted by atomic mass is 79.9. The molecular weight excluding hydrogens is 312 g/mol. The predicted octanol–water partition coefficient (Wildman–Crippen LogP) is 2.21. The highest BCUT2D eigenvalue weighted by molar-refractivity contribution is 9.10. The summed E-state index contributed by atoms with van der Waals surface area (Å²) in [4.78, 5) is 22.0. The second-order valence-electron chi connectivity index (χ2n) is 4.75. The van der Waals surface area contributed by atoms with Gasteiger partial charge in [-0.3, -0.25) is 9.59 Å². The van der Waals surface area contributed by atoms with Crippen LogP contribution < -0.4 is 11.1 Å².